The zero-order chi connectivity index (χ0) is 21.8. The fourth-order valence-electron chi connectivity index (χ4n) is 4.29. The Morgan fingerprint density at radius 1 is 1.07 bits per heavy atom. The van der Waals surface area contributed by atoms with Crippen molar-refractivity contribution in [3.63, 3.8) is 0 Å². The van der Waals surface area contributed by atoms with Crippen LogP contribution in [-0.2, 0) is 20.9 Å². The van der Waals surface area contributed by atoms with Gasteiger partial charge in [0, 0.05) is 12.2 Å². The van der Waals surface area contributed by atoms with Crippen LogP contribution in [0.3, 0.4) is 0 Å². The molecule has 0 unspecified atom stereocenters. The number of methoxy groups -OCH3 is 2. The van der Waals surface area contributed by atoms with Crippen LogP contribution >= 0.6 is 0 Å². The molecule has 6 heteroatoms. The van der Waals surface area contributed by atoms with Gasteiger partial charge in [0.25, 0.3) is 0 Å². The van der Waals surface area contributed by atoms with Crippen LogP contribution in [0.2, 0.25) is 0 Å². The average Bonchev–Trinajstić information content (AvgIpc) is 3.21. The van der Waals surface area contributed by atoms with E-state index in [0.717, 1.165) is 53.1 Å². The van der Waals surface area contributed by atoms with Gasteiger partial charge in [-0.05, 0) is 68.0 Å². The SMILES string of the molecule is COC(=O)[C@@H]1CCCN1c1c(C)cc(C)c(C(=O)OCc2ccc(OC)cc2)c1C. The largest absolute Gasteiger partial charge is 0.497 e. The molecule has 0 bridgehead atoms. The first kappa shape index (κ1) is 21.7. The molecule has 1 aliphatic rings. The number of ether oxygens (including phenoxy) is 3. The van der Waals surface area contributed by atoms with Crippen molar-refractivity contribution in [2.24, 2.45) is 0 Å². The van der Waals surface area contributed by atoms with Crippen LogP contribution in [0, 0.1) is 20.8 Å². The molecule has 1 fully saturated rings. The summed E-state index contributed by atoms with van der Waals surface area (Å²) in [6.07, 6.45) is 1.65. The van der Waals surface area contributed by atoms with E-state index in [1.165, 1.54) is 7.11 Å². The van der Waals surface area contributed by atoms with Crippen LogP contribution in [0.15, 0.2) is 30.3 Å². The van der Waals surface area contributed by atoms with Gasteiger partial charge in [0.15, 0.2) is 0 Å². The summed E-state index contributed by atoms with van der Waals surface area (Å²) in [6, 6.07) is 9.08. The van der Waals surface area contributed by atoms with Crippen molar-refractivity contribution in [1.82, 2.24) is 0 Å². The molecule has 0 aromatic heterocycles. The highest BCUT2D eigenvalue weighted by atomic mass is 16.5. The summed E-state index contributed by atoms with van der Waals surface area (Å²) in [5.41, 5.74) is 5.10. The molecule has 2 aromatic carbocycles. The first-order valence-electron chi connectivity index (χ1n) is 10.1. The van der Waals surface area contributed by atoms with E-state index in [4.69, 9.17) is 14.2 Å². The number of carbonyl (C=O) groups excluding carboxylic acids is 2. The highest BCUT2D eigenvalue weighted by Crippen LogP contribution is 2.35. The minimum absolute atomic E-state index is 0.180. The van der Waals surface area contributed by atoms with Gasteiger partial charge in [-0.3, -0.25) is 0 Å². The summed E-state index contributed by atoms with van der Waals surface area (Å²) in [5.74, 6) is 0.150. The number of benzene rings is 2. The minimum atomic E-state index is -0.365. The normalized spacial score (nSPS) is 15.8. The van der Waals surface area contributed by atoms with E-state index in [1.54, 1.807) is 7.11 Å². The highest BCUT2D eigenvalue weighted by Gasteiger charge is 2.34. The van der Waals surface area contributed by atoms with Gasteiger partial charge < -0.3 is 19.1 Å². The predicted octanol–water partition coefficient (Wildman–Crippen LogP) is 4.12. The lowest BCUT2D eigenvalue weighted by Crippen LogP contribution is -2.38. The van der Waals surface area contributed by atoms with Crippen molar-refractivity contribution < 1.29 is 23.8 Å². The Balaban J connectivity index is 1.86. The molecule has 6 nitrogen and oxygen atoms in total. The zero-order valence-electron chi connectivity index (χ0n) is 18.3. The summed E-state index contributed by atoms with van der Waals surface area (Å²) in [4.78, 5) is 27.3. The topological polar surface area (TPSA) is 65.1 Å². The first-order chi connectivity index (χ1) is 14.4. The number of esters is 2. The Hall–Kier alpha value is -3.02. The molecule has 30 heavy (non-hydrogen) atoms. The smallest absolute Gasteiger partial charge is 0.339 e. The molecule has 1 heterocycles. The van der Waals surface area contributed by atoms with E-state index < -0.39 is 0 Å². The van der Waals surface area contributed by atoms with E-state index in [1.807, 2.05) is 51.1 Å². The molecule has 0 spiro atoms. The molecule has 3 rings (SSSR count). The lowest BCUT2D eigenvalue weighted by Gasteiger charge is -2.29. The van der Waals surface area contributed by atoms with Crippen LogP contribution in [-0.4, -0.2) is 38.7 Å². The molecule has 1 saturated heterocycles. The Morgan fingerprint density at radius 2 is 1.77 bits per heavy atom. The number of nitrogens with zero attached hydrogens (tertiary/aromatic N) is 1. The number of hydrogen-bond donors (Lipinski definition) is 0. The van der Waals surface area contributed by atoms with E-state index in [2.05, 4.69) is 4.90 Å². The third-order valence-corrected chi connectivity index (χ3v) is 5.68. The fraction of sp³-hybridized carbons (Fsp3) is 0.417. The monoisotopic (exact) mass is 411 g/mol. The van der Waals surface area contributed by atoms with E-state index in [0.29, 0.717) is 5.56 Å². The minimum Gasteiger partial charge on any atom is -0.497 e. The second-order valence-corrected chi connectivity index (χ2v) is 7.66. The highest BCUT2D eigenvalue weighted by molar-refractivity contribution is 5.95. The predicted molar refractivity (Wildman–Crippen MR) is 115 cm³/mol. The molecule has 0 aliphatic carbocycles. The third-order valence-electron chi connectivity index (χ3n) is 5.68. The Kier molecular flexibility index (Phi) is 6.65. The molecule has 0 saturated carbocycles. The van der Waals surface area contributed by atoms with E-state index in [-0.39, 0.29) is 24.6 Å². The van der Waals surface area contributed by atoms with Gasteiger partial charge in [-0.15, -0.1) is 0 Å². The maximum atomic E-state index is 13.0. The summed E-state index contributed by atoms with van der Waals surface area (Å²) in [5, 5.41) is 0. The van der Waals surface area contributed by atoms with Crippen LogP contribution in [0.4, 0.5) is 5.69 Å². The number of carbonyl (C=O) groups is 2. The second-order valence-electron chi connectivity index (χ2n) is 7.66. The quantitative estimate of drug-likeness (QED) is 0.667. The summed E-state index contributed by atoms with van der Waals surface area (Å²) in [7, 11) is 3.02. The van der Waals surface area contributed by atoms with Gasteiger partial charge in [-0.2, -0.15) is 0 Å². The van der Waals surface area contributed by atoms with Gasteiger partial charge in [-0.1, -0.05) is 18.2 Å². The van der Waals surface area contributed by atoms with Crippen molar-refractivity contribution in [2.75, 3.05) is 25.7 Å². The maximum Gasteiger partial charge on any atom is 0.339 e. The van der Waals surface area contributed by atoms with Crippen LogP contribution < -0.4 is 9.64 Å². The van der Waals surface area contributed by atoms with Crippen molar-refractivity contribution in [3.8, 4) is 5.75 Å². The lowest BCUT2D eigenvalue weighted by atomic mass is 9.96. The Morgan fingerprint density at radius 3 is 2.40 bits per heavy atom. The summed E-state index contributed by atoms with van der Waals surface area (Å²) < 4.78 is 15.8. The van der Waals surface area contributed by atoms with Crippen molar-refractivity contribution >= 4 is 17.6 Å². The third kappa shape index (κ3) is 4.27. The van der Waals surface area contributed by atoms with Crippen LogP contribution in [0.25, 0.3) is 0 Å². The number of aryl methyl sites for hydroxylation is 2. The van der Waals surface area contributed by atoms with Gasteiger partial charge in [-0.25, -0.2) is 9.59 Å². The summed E-state index contributed by atoms with van der Waals surface area (Å²) in [6.45, 7) is 6.78. The zero-order valence-corrected chi connectivity index (χ0v) is 18.3. The van der Waals surface area contributed by atoms with E-state index in [9.17, 15) is 9.59 Å². The van der Waals surface area contributed by atoms with Crippen LogP contribution in [0.1, 0.15) is 45.5 Å². The molecular weight excluding hydrogens is 382 g/mol. The molecule has 2 aromatic rings. The van der Waals surface area contributed by atoms with Gasteiger partial charge in [0.2, 0.25) is 0 Å². The van der Waals surface area contributed by atoms with Crippen molar-refractivity contribution in [2.45, 2.75) is 46.3 Å². The standard InChI is InChI=1S/C24H29NO5/c1-15-13-16(2)22(25-12-6-7-20(25)23(26)29-5)17(3)21(15)24(27)30-14-18-8-10-19(28-4)11-9-18/h8-11,13,20H,6-7,12,14H2,1-5H3/t20-/m0/s1. The van der Waals surface area contributed by atoms with Gasteiger partial charge in [0.1, 0.15) is 18.4 Å². The molecule has 1 atom stereocenters. The molecule has 0 amide bonds. The Bertz CT molecular complexity index is 936. The number of hydrogen-bond acceptors (Lipinski definition) is 6. The molecule has 0 radical (unpaired) electrons. The molecule has 1 aliphatic heterocycles. The maximum absolute atomic E-state index is 13.0. The Labute approximate surface area is 177 Å². The summed E-state index contributed by atoms with van der Waals surface area (Å²) >= 11 is 0. The first-order valence-corrected chi connectivity index (χ1v) is 10.1. The average molecular weight is 411 g/mol. The molecule has 160 valence electrons. The van der Waals surface area contributed by atoms with Gasteiger partial charge >= 0.3 is 11.9 Å². The fourth-order valence-corrected chi connectivity index (χ4v) is 4.29. The van der Waals surface area contributed by atoms with Crippen molar-refractivity contribution in [3.05, 3.63) is 58.1 Å². The van der Waals surface area contributed by atoms with E-state index >= 15 is 0 Å². The number of anilines is 1. The van der Waals surface area contributed by atoms with Gasteiger partial charge in [0.05, 0.1) is 19.8 Å². The molecule has 0 N–H and O–H groups in total. The number of rotatable bonds is 6. The lowest BCUT2D eigenvalue weighted by molar-refractivity contribution is -0.141. The molecular formula is C24H29NO5. The second kappa shape index (κ2) is 9.20. The van der Waals surface area contributed by atoms with Crippen LogP contribution in [0.5, 0.6) is 5.75 Å². The van der Waals surface area contributed by atoms with Crippen molar-refractivity contribution in [1.29, 1.82) is 0 Å².